The van der Waals surface area contributed by atoms with Crippen molar-refractivity contribution in [2.75, 3.05) is 25.0 Å². The van der Waals surface area contributed by atoms with Crippen LogP contribution in [-0.2, 0) is 0 Å². The summed E-state index contributed by atoms with van der Waals surface area (Å²) in [5.74, 6) is 0.433. The molecular weight excluding hydrogens is 338 g/mol. The Kier molecular flexibility index (Phi) is 6.24. The van der Waals surface area contributed by atoms with E-state index in [-0.39, 0.29) is 11.8 Å². The summed E-state index contributed by atoms with van der Waals surface area (Å²) >= 11 is 0. The van der Waals surface area contributed by atoms with Gasteiger partial charge in [-0.1, -0.05) is 42.5 Å². The van der Waals surface area contributed by atoms with E-state index in [1.54, 1.807) is 24.3 Å². The van der Waals surface area contributed by atoms with Gasteiger partial charge in [-0.25, -0.2) is 4.79 Å². The van der Waals surface area contributed by atoms with Crippen molar-refractivity contribution >= 4 is 17.5 Å². The Bertz CT molecular complexity index is 791. The average molecular weight is 365 g/mol. The molecule has 5 heteroatoms. The van der Waals surface area contributed by atoms with Gasteiger partial charge in [0.2, 0.25) is 0 Å². The minimum absolute atomic E-state index is 0.0161. The molecule has 1 heterocycles. The number of nitrogens with one attached hydrogen (secondary N) is 2. The van der Waals surface area contributed by atoms with E-state index >= 15 is 0 Å². The molecule has 1 fully saturated rings. The van der Waals surface area contributed by atoms with Crippen LogP contribution in [0.25, 0.3) is 0 Å². The highest BCUT2D eigenvalue weighted by molar-refractivity contribution is 5.96. The Hall–Kier alpha value is -2.66. The van der Waals surface area contributed by atoms with Gasteiger partial charge >= 0.3 is 6.03 Å². The molecule has 2 amide bonds. The minimum Gasteiger partial charge on any atom is -0.338 e. The predicted molar refractivity (Wildman–Crippen MR) is 108 cm³/mol. The fourth-order valence-electron chi connectivity index (χ4n) is 3.55. The van der Waals surface area contributed by atoms with Gasteiger partial charge in [-0.2, -0.15) is 0 Å². The van der Waals surface area contributed by atoms with Crippen molar-refractivity contribution in [2.24, 2.45) is 5.92 Å². The van der Waals surface area contributed by atoms with Crippen molar-refractivity contribution in [1.29, 1.82) is 0 Å². The molecule has 3 rings (SSSR count). The van der Waals surface area contributed by atoms with Crippen LogP contribution in [0.2, 0.25) is 0 Å². The lowest BCUT2D eigenvalue weighted by Crippen LogP contribution is -2.34. The molecule has 2 unspecified atom stereocenters. The second kappa shape index (κ2) is 8.82. The molecule has 1 aliphatic heterocycles. The molecule has 0 radical (unpaired) electrons. The van der Waals surface area contributed by atoms with Crippen LogP contribution < -0.4 is 10.6 Å². The number of hydrogen-bond acceptors (Lipinski definition) is 3. The number of Topliss-reactive ketones (excluding diaryl/α,β-unsaturated/α-hetero) is 1. The van der Waals surface area contributed by atoms with Crippen LogP contribution in [0.15, 0.2) is 54.6 Å². The smallest absolute Gasteiger partial charge is 0.319 e. The summed E-state index contributed by atoms with van der Waals surface area (Å²) < 4.78 is 0. The summed E-state index contributed by atoms with van der Waals surface area (Å²) in [4.78, 5) is 26.1. The summed E-state index contributed by atoms with van der Waals surface area (Å²) in [6, 6.07) is 17.7. The van der Waals surface area contributed by atoms with E-state index in [2.05, 4.69) is 46.7 Å². The molecule has 0 saturated carbocycles. The van der Waals surface area contributed by atoms with Gasteiger partial charge in [0.25, 0.3) is 0 Å². The van der Waals surface area contributed by atoms with Crippen molar-refractivity contribution in [1.82, 2.24) is 10.2 Å². The van der Waals surface area contributed by atoms with Crippen molar-refractivity contribution < 1.29 is 9.59 Å². The molecule has 5 nitrogen and oxygen atoms in total. The third-order valence-electron chi connectivity index (χ3n) is 5.23. The molecule has 27 heavy (non-hydrogen) atoms. The molecule has 0 aromatic heterocycles. The van der Waals surface area contributed by atoms with Crippen molar-refractivity contribution in [3.63, 3.8) is 0 Å². The Morgan fingerprint density at radius 1 is 1.15 bits per heavy atom. The lowest BCUT2D eigenvalue weighted by molar-refractivity contribution is 0.101. The summed E-state index contributed by atoms with van der Waals surface area (Å²) in [7, 11) is 0. The monoisotopic (exact) mass is 365 g/mol. The zero-order chi connectivity index (χ0) is 19.2. The first kappa shape index (κ1) is 19.1. The maximum Gasteiger partial charge on any atom is 0.319 e. The number of hydrogen-bond donors (Lipinski definition) is 2. The van der Waals surface area contributed by atoms with Crippen LogP contribution in [-0.4, -0.2) is 36.3 Å². The van der Waals surface area contributed by atoms with Gasteiger partial charge in [0.05, 0.1) is 0 Å². The number of likely N-dealkylation sites (tertiary alicyclic amines) is 1. The molecular formula is C22H27N3O2. The SMILES string of the molecule is CC(=O)c1cccc(NC(=O)NCC2CCN(C(C)c3ccccc3)C2)c1. The standard InChI is InChI=1S/C22H27N3O2/c1-16(19-7-4-3-5-8-19)25-12-11-18(15-25)14-23-22(27)24-21-10-6-9-20(13-21)17(2)26/h3-10,13,16,18H,11-12,14-15H2,1-2H3,(H2,23,24,27). The van der Waals surface area contributed by atoms with Crippen LogP contribution in [0, 0.1) is 5.92 Å². The quantitative estimate of drug-likeness (QED) is 0.758. The van der Waals surface area contributed by atoms with Gasteiger partial charge in [0, 0.05) is 30.4 Å². The van der Waals surface area contributed by atoms with Crippen molar-refractivity contribution in [3.8, 4) is 0 Å². The normalized spacial score (nSPS) is 18.1. The highest BCUT2D eigenvalue weighted by atomic mass is 16.2. The largest absolute Gasteiger partial charge is 0.338 e. The Labute approximate surface area is 160 Å². The number of ketones is 1. The van der Waals surface area contributed by atoms with E-state index in [1.807, 2.05) is 6.07 Å². The number of benzene rings is 2. The third kappa shape index (κ3) is 5.17. The molecule has 0 spiro atoms. The first-order valence-corrected chi connectivity index (χ1v) is 9.48. The van der Waals surface area contributed by atoms with E-state index in [0.717, 1.165) is 19.5 Å². The second-order valence-corrected chi connectivity index (χ2v) is 7.21. The highest BCUT2D eigenvalue weighted by Crippen LogP contribution is 2.26. The first-order chi connectivity index (χ1) is 13.0. The molecule has 142 valence electrons. The molecule has 2 aromatic carbocycles. The maximum atomic E-state index is 12.2. The van der Waals surface area contributed by atoms with Gasteiger partial charge in [0.1, 0.15) is 0 Å². The number of nitrogens with zero attached hydrogens (tertiary/aromatic N) is 1. The number of urea groups is 1. The molecule has 0 bridgehead atoms. The van der Waals surface area contributed by atoms with Crippen LogP contribution >= 0.6 is 0 Å². The van der Waals surface area contributed by atoms with Crippen LogP contribution in [0.3, 0.4) is 0 Å². The molecule has 1 aliphatic rings. The van der Waals surface area contributed by atoms with Crippen molar-refractivity contribution in [2.45, 2.75) is 26.3 Å². The fourth-order valence-corrected chi connectivity index (χ4v) is 3.55. The van der Waals surface area contributed by atoms with E-state index in [4.69, 9.17) is 0 Å². The number of anilines is 1. The highest BCUT2D eigenvalue weighted by Gasteiger charge is 2.26. The maximum absolute atomic E-state index is 12.2. The van der Waals surface area contributed by atoms with Gasteiger partial charge in [-0.05, 0) is 50.4 Å². The first-order valence-electron chi connectivity index (χ1n) is 9.48. The topological polar surface area (TPSA) is 61.4 Å². The summed E-state index contributed by atoms with van der Waals surface area (Å²) in [5.41, 5.74) is 2.55. The molecule has 2 atom stereocenters. The van der Waals surface area contributed by atoms with Crippen molar-refractivity contribution in [3.05, 3.63) is 65.7 Å². The van der Waals surface area contributed by atoms with Gasteiger partial charge in [0.15, 0.2) is 5.78 Å². The van der Waals surface area contributed by atoms with E-state index in [0.29, 0.717) is 29.8 Å². The zero-order valence-corrected chi connectivity index (χ0v) is 15.9. The molecule has 0 aliphatic carbocycles. The van der Waals surface area contributed by atoms with E-state index in [9.17, 15) is 9.59 Å². The average Bonchev–Trinajstić information content (AvgIpc) is 3.16. The lowest BCUT2D eigenvalue weighted by atomic mass is 10.1. The second-order valence-electron chi connectivity index (χ2n) is 7.21. The number of rotatable bonds is 6. The van der Waals surface area contributed by atoms with Gasteiger partial charge < -0.3 is 10.6 Å². The van der Waals surface area contributed by atoms with E-state index in [1.165, 1.54) is 12.5 Å². The van der Waals surface area contributed by atoms with Crippen LogP contribution in [0.4, 0.5) is 10.5 Å². The lowest BCUT2D eigenvalue weighted by Gasteiger charge is -2.24. The summed E-state index contributed by atoms with van der Waals surface area (Å²) in [5, 5.41) is 5.76. The van der Waals surface area contributed by atoms with Crippen LogP contribution in [0.5, 0.6) is 0 Å². The Balaban J connectivity index is 1.46. The number of carbonyl (C=O) groups is 2. The molecule has 1 saturated heterocycles. The summed E-state index contributed by atoms with van der Waals surface area (Å²) in [6.07, 6.45) is 1.08. The number of amides is 2. The predicted octanol–water partition coefficient (Wildman–Crippen LogP) is 4.09. The molecule has 2 aromatic rings. The summed E-state index contributed by atoms with van der Waals surface area (Å²) in [6.45, 7) is 6.43. The Morgan fingerprint density at radius 2 is 1.93 bits per heavy atom. The minimum atomic E-state index is -0.231. The fraction of sp³-hybridized carbons (Fsp3) is 0.364. The van der Waals surface area contributed by atoms with Gasteiger partial charge in [-0.15, -0.1) is 0 Å². The zero-order valence-electron chi connectivity index (χ0n) is 15.9. The molecule has 2 N–H and O–H groups in total. The van der Waals surface area contributed by atoms with Crippen LogP contribution in [0.1, 0.15) is 42.2 Å². The van der Waals surface area contributed by atoms with E-state index < -0.39 is 0 Å². The Morgan fingerprint density at radius 3 is 2.67 bits per heavy atom. The number of carbonyl (C=O) groups excluding carboxylic acids is 2. The van der Waals surface area contributed by atoms with Gasteiger partial charge in [-0.3, -0.25) is 9.69 Å². The third-order valence-corrected chi connectivity index (χ3v) is 5.23.